The summed E-state index contributed by atoms with van der Waals surface area (Å²) in [5.41, 5.74) is 1.09. The van der Waals surface area contributed by atoms with Crippen LogP contribution in [0, 0.1) is 5.82 Å². The van der Waals surface area contributed by atoms with E-state index in [0.717, 1.165) is 0 Å². The summed E-state index contributed by atoms with van der Waals surface area (Å²) in [5, 5.41) is 3.38. The van der Waals surface area contributed by atoms with Crippen molar-refractivity contribution in [3.63, 3.8) is 0 Å². The van der Waals surface area contributed by atoms with E-state index in [9.17, 15) is 4.39 Å². The minimum Gasteiger partial charge on any atom is -0.481 e. The monoisotopic (exact) mass is 281 g/mol. The minimum atomic E-state index is -0.394. The first kappa shape index (κ1) is 13.7. The fourth-order valence-corrected chi connectivity index (χ4v) is 1.98. The maximum Gasteiger partial charge on any atom is 0.216 e. The summed E-state index contributed by atoms with van der Waals surface area (Å²) in [4.78, 5) is 8.07. The highest BCUT2D eigenvalue weighted by molar-refractivity contribution is 6.30. The van der Waals surface area contributed by atoms with Gasteiger partial charge in [0, 0.05) is 16.7 Å². The van der Waals surface area contributed by atoms with Crippen molar-refractivity contribution in [3.05, 3.63) is 52.7 Å². The summed E-state index contributed by atoms with van der Waals surface area (Å²) in [6.45, 7) is 0. The Labute approximate surface area is 115 Å². The van der Waals surface area contributed by atoms with Crippen LogP contribution in [-0.4, -0.2) is 24.1 Å². The van der Waals surface area contributed by atoms with E-state index in [4.69, 9.17) is 16.3 Å². The SMILES string of the molecule is CNC(c1cc(OC)ncn1)c1ccc(Cl)cc1F. The Bertz CT molecular complexity index is 580. The lowest BCUT2D eigenvalue weighted by Gasteiger charge is -2.17. The molecule has 0 fully saturated rings. The first-order valence-electron chi connectivity index (χ1n) is 5.64. The van der Waals surface area contributed by atoms with Crippen molar-refractivity contribution in [1.29, 1.82) is 0 Å². The molecule has 0 amide bonds. The lowest BCUT2D eigenvalue weighted by Crippen LogP contribution is -2.20. The first-order chi connectivity index (χ1) is 9.15. The van der Waals surface area contributed by atoms with E-state index in [2.05, 4.69) is 15.3 Å². The molecule has 100 valence electrons. The van der Waals surface area contributed by atoms with Crippen LogP contribution in [-0.2, 0) is 0 Å². The fourth-order valence-electron chi connectivity index (χ4n) is 1.82. The number of hydrogen-bond acceptors (Lipinski definition) is 4. The Morgan fingerprint density at radius 1 is 1.32 bits per heavy atom. The molecule has 1 aromatic carbocycles. The molecule has 1 unspecified atom stereocenters. The molecule has 1 aromatic heterocycles. The van der Waals surface area contributed by atoms with Crippen molar-refractivity contribution in [1.82, 2.24) is 15.3 Å². The first-order valence-corrected chi connectivity index (χ1v) is 6.01. The minimum absolute atomic E-state index is 0.358. The Morgan fingerprint density at radius 3 is 2.74 bits per heavy atom. The average Bonchev–Trinajstić information content (AvgIpc) is 2.42. The number of aromatic nitrogens is 2. The van der Waals surface area contributed by atoms with Gasteiger partial charge in [0.25, 0.3) is 0 Å². The highest BCUT2D eigenvalue weighted by Crippen LogP contribution is 2.26. The number of methoxy groups -OCH3 is 1. The zero-order valence-electron chi connectivity index (χ0n) is 10.5. The van der Waals surface area contributed by atoms with Gasteiger partial charge in [-0.1, -0.05) is 17.7 Å². The number of nitrogens with zero attached hydrogens (tertiary/aromatic N) is 2. The summed E-state index contributed by atoms with van der Waals surface area (Å²) in [6.07, 6.45) is 1.38. The Kier molecular flexibility index (Phi) is 4.29. The van der Waals surface area contributed by atoms with Crippen molar-refractivity contribution in [3.8, 4) is 5.88 Å². The molecule has 0 saturated carbocycles. The van der Waals surface area contributed by atoms with Crippen LogP contribution in [0.5, 0.6) is 5.88 Å². The number of rotatable bonds is 4. The molecule has 0 aliphatic carbocycles. The fraction of sp³-hybridized carbons (Fsp3) is 0.231. The van der Waals surface area contributed by atoms with E-state index in [-0.39, 0.29) is 5.82 Å². The Morgan fingerprint density at radius 2 is 2.11 bits per heavy atom. The molecule has 0 bridgehead atoms. The van der Waals surface area contributed by atoms with Crippen LogP contribution in [0.4, 0.5) is 4.39 Å². The number of nitrogens with one attached hydrogen (secondary N) is 1. The van der Waals surface area contributed by atoms with Gasteiger partial charge in [0.2, 0.25) is 5.88 Å². The molecule has 19 heavy (non-hydrogen) atoms. The molecular formula is C13H13ClFN3O. The largest absolute Gasteiger partial charge is 0.481 e. The molecule has 6 heteroatoms. The number of ether oxygens (including phenoxy) is 1. The average molecular weight is 282 g/mol. The zero-order valence-corrected chi connectivity index (χ0v) is 11.3. The van der Waals surface area contributed by atoms with Gasteiger partial charge < -0.3 is 10.1 Å². The van der Waals surface area contributed by atoms with Gasteiger partial charge in [0.15, 0.2) is 0 Å². The topological polar surface area (TPSA) is 47.0 Å². The molecular weight excluding hydrogens is 269 g/mol. The van der Waals surface area contributed by atoms with Crippen molar-refractivity contribution in [2.75, 3.05) is 14.2 Å². The Hall–Kier alpha value is -1.72. The van der Waals surface area contributed by atoms with E-state index >= 15 is 0 Å². The maximum atomic E-state index is 14.0. The van der Waals surface area contributed by atoms with Gasteiger partial charge in [-0.15, -0.1) is 0 Å². The van der Waals surface area contributed by atoms with Crippen molar-refractivity contribution >= 4 is 11.6 Å². The third kappa shape index (κ3) is 3.00. The third-order valence-corrected chi connectivity index (χ3v) is 2.97. The van der Waals surface area contributed by atoms with Gasteiger partial charge in [-0.25, -0.2) is 14.4 Å². The summed E-state index contributed by atoms with van der Waals surface area (Å²) in [5.74, 6) is 0.0454. The second-order valence-corrected chi connectivity index (χ2v) is 4.31. The van der Waals surface area contributed by atoms with Crippen molar-refractivity contribution in [2.45, 2.75) is 6.04 Å². The van der Waals surface area contributed by atoms with Crippen molar-refractivity contribution < 1.29 is 9.13 Å². The van der Waals surface area contributed by atoms with E-state index < -0.39 is 6.04 Å². The number of halogens is 2. The van der Waals surface area contributed by atoms with Crippen LogP contribution in [0.3, 0.4) is 0 Å². The second kappa shape index (κ2) is 5.95. The summed E-state index contributed by atoms with van der Waals surface area (Å²) in [6, 6.07) is 5.82. The molecule has 0 radical (unpaired) electrons. The van der Waals surface area contributed by atoms with Crippen LogP contribution < -0.4 is 10.1 Å². The van der Waals surface area contributed by atoms with E-state index in [1.165, 1.54) is 19.5 Å². The van der Waals surface area contributed by atoms with Crippen molar-refractivity contribution in [2.24, 2.45) is 0 Å². The molecule has 2 aromatic rings. The predicted molar refractivity (Wildman–Crippen MR) is 70.9 cm³/mol. The molecule has 0 aliphatic rings. The van der Waals surface area contributed by atoms with E-state index in [1.807, 2.05) is 0 Å². The molecule has 2 rings (SSSR count). The normalized spacial score (nSPS) is 12.2. The van der Waals surface area contributed by atoms with Crippen LogP contribution in [0.25, 0.3) is 0 Å². The van der Waals surface area contributed by atoms with Gasteiger partial charge in [-0.2, -0.15) is 0 Å². The zero-order chi connectivity index (χ0) is 13.8. The molecule has 0 spiro atoms. The van der Waals surface area contributed by atoms with Gasteiger partial charge in [-0.3, -0.25) is 0 Å². The van der Waals surface area contributed by atoms with Crippen LogP contribution in [0.1, 0.15) is 17.3 Å². The molecule has 1 atom stereocenters. The highest BCUT2D eigenvalue weighted by Gasteiger charge is 2.18. The standard InChI is InChI=1S/C13H13ClFN3O/c1-16-13(9-4-3-8(14)5-10(9)15)11-6-12(19-2)18-7-17-11/h3-7,13,16H,1-2H3. The quantitative estimate of drug-likeness (QED) is 0.936. The van der Waals surface area contributed by atoms with Gasteiger partial charge in [0.1, 0.15) is 12.1 Å². The molecule has 0 saturated heterocycles. The van der Waals surface area contributed by atoms with Crippen LogP contribution in [0.15, 0.2) is 30.6 Å². The smallest absolute Gasteiger partial charge is 0.216 e. The number of benzene rings is 1. The Balaban J connectivity index is 2.43. The van der Waals surface area contributed by atoms with E-state index in [1.54, 1.807) is 25.2 Å². The summed E-state index contributed by atoms with van der Waals surface area (Å²) < 4.78 is 19.0. The molecule has 0 aliphatic heterocycles. The number of hydrogen-bond donors (Lipinski definition) is 1. The summed E-state index contributed by atoms with van der Waals surface area (Å²) >= 11 is 5.75. The second-order valence-electron chi connectivity index (χ2n) is 3.87. The molecule has 1 heterocycles. The van der Waals surface area contributed by atoms with Crippen LogP contribution in [0.2, 0.25) is 5.02 Å². The lowest BCUT2D eigenvalue weighted by atomic mass is 10.0. The van der Waals surface area contributed by atoms with Crippen LogP contribution >= 0.6 is 11.6 Å². The highest BCUT2D eigenvalue weighted by atomic mass is 35.5. The van der Waals surface area contributed by atoms with Gasteiger partial charge in [-0.05, 0) is 19.2 Å². The predicted octanol–water partition coefficient (Wildman–Crippen LogP) is 2.59. The van der Waals surface area contributed by atoms with Gasteiger partial charge in [0.05, 0.1) is 18.8 Å². The molecule has 1 N–H and O–H groups in total. The molecule has 4 nitrogen and oxygen atoms in total. The van der Waals surface area contributed by atoms with E-state index in [0.29, 0.717) is 22.2 Å². The lowest BCUT2D eigenvalue weighted by molar-refractivity contribution is 0.395. The summed E-state index contributed by atoms with van der Waals surface area (Å²) in [7, 11) is 3.25. The van der Waals surface area contributed by atoms with Gasteiger partial charge >= 0.3 is 0 Å². The maximum absolute atomic E-state index is 14.0. The third-order valence-electron chi connectivity index (χ3n) is 2.73.